The molecule has 0 bridgehead atoms. The highest BCUT2D eigenvalue weighted by Gasteiger charge is 2.22. The molecular weight excluding hydrogens is 321 g/mol. The molecule has 2 rings (SSSR count). The van der Waals surface area contributed by atoms with Gasteiger partial charge in [0.05, 0.1) is 15.7 Å². The lowest BCUT2D eigenvalue weighted by molar-refractivity contribution is 0.482. The molecule has 94 valence electrons. The van der Waals surface area contributed by atoms with Gasteiger partial charge in [0.2, 0.25) is 0 Å². The largest absolute Gasteiger partial charge is 0.381 e. The van der Waals surface area contributed by atoms with E-state index in [1.807, 2.05) is 12.1 Å². The van der Waals surface area contributed by atoms with Crippen molar-refractivity contribution in [3.63, 3.8) is 0 Å². The van der Waals surface area contributed by atoms with Crippen LogP contribution >= 0.6 is 39.1 Å². The Bertz CT molecular complexity index is 403. The third kappa shape index (κ3) is 3.10. The van der Waals surface area contributed by atoms with Gasteiger partial charge < -0.3 is 5.32 Å². The highest BCUT2D eigenvalue weighted by molar-refractivity contribution is 9.10. The molecule has 17 heavy (non-hydrogen) atoms. The Labute approximate surface area is 121 Å². The lowest BCUT2D eigenvalue weighted by atomic mass is 9.99. The zero-order chi connectivity index (χ0) is 12.4. The Morgan fingerprint density at radius 3 is 2.53 bits per heavy atom. The van der Waals surface area contributed by atoms with Gasteiger partial charge in [-0.15, -0.1) is 0 Å². The Hall–Kier alpha value is 0.0800. The van der Waals surface area contributed by atoms with Gasteiger partial charge in [-0.1, -0.05) is 36.0 Å². The molecule has 4 heteroatoms. The molecule has 1 aliphatic carbocycles. The summed E-state index contributed by atoms with van der Waals surface area (Å²) in [4.78, 5) is 0. The van der Waals surface area contributed by atoms with E-state index in [0.29, 0.717) is 16.1 Å². The van der Waals surface area contributed by atoms with Gasteiger partial charge in [0.25, 0.3) is 0 Å². The number of anilines is 1. The van der Waals surface area contributed by atoms with Crippen LogP contribution in [0, 0.1) is 5.92 Å². The van der Waals surface area contributed by atoms with Gasteiger partial charge in [-0.2, -0.15) is 0 Å². The minimum atomic E-state index is 0.451. The zero-order valence-electron chi connectivity index (χ0n) is 9.77. The third-order valence-corrected chi connectivity index (χ3v) is 5.30. The lowest BCUT2D eigenvalue weighted by Gasteiger charge is -2.22. The van der Waals surface area contributed by atoms with Crippen molar-refractivity contribution < 1.29 is 0 Å². The van der Waals surface area contributed by atoms with Crippen LogP contribution in [0.4, 0.5) is 5.69 Å². The van der Waals surface area contributed by atoms with E-state index in [1.54, 1.807) is 0 Å². The molecule has 0 amide bonds. The molecule has 0 heterocycles. The van der Waals surface area contributed by atoms with Crippen LogP contribution in [0.15, 0.2) is 16.6 Å². The van der Waals surface area contributed by atoms with Gasteiger partial charge >= 0.3 is 0 Å². The van der Waals surface area contributed by atoms with Crippen molar-refractivity contribution in [1.29, 1.82) is 0 Å². The van der Waals surface area contributed by atoms with E-state index in [-0.39, 0.29) is 0 Å². The Balaban J connectivity index is 2.10. The Morgan fingerprint density at radius 1 is 1.24 bits per heavy atom. The third-order valence-electron chi connectivity index (χ3n) is 3.53. The molecule has 1 aromatic carbocycles. The first-order chi connectivity index (χ1) is 8.09. The van der Waals surface area contributed by atoms with Crippen LogP contribution in [0.1, 0.15) is 32.6 Å². The number of nitrogens with one attached hydrogen (secondary N) is 1. The summed E-state index contributed by atoms with van der Waals surface area (Å²) >= 11 is 15.7. The maximum atomic E-state index is 6.22. The maximum absolute atomic E-state index is 6.22. The average molecular weight is 337 g/mol. The second-order valence-electron chi connectivity index (χ2n) is 4.70. The van der Waals surface area contributed by atoms with Crippen molar-refractivity contribution in [3.8, 4) is 0 Å². The number of hydrogen-bond donors (Lipinski definition) is 1. The summed E-state index contributed by atoms with van der Waals surface area (Å²) in [5, 5.41) is 4.66. The molecule has 1 aliphatic rings. The number of halogens is 3. The van der Waals surface area contributed by atoms with E-state index in [1.165, 1.54) is 25.7 Å². The second-order valence-corrected chi connectivity index (χ2v) is 6.31. The minimum Gasteiger partial charge on any atom is -0.381 e. The predicted molar refractivity (Wildman–Crippen MR) is 79.2 cm³/mol. The highest BCUT2D eigenvalue weighted by Crippen LogP contribution is 2.37. The van der Waals surface area contributed by atoms with Crippen molar-refractivity contribution in [1.82, 2.24) is 0 Å². The van der Waals surface area contributed by atoms with Crippen LogP contribution in [0.2, 0.25) is 10.0 Å². The van der Waals surface area contributed by atoms with E-state index in [9.17, 15) is 0 Å². The van der Waals surface area contributed by atoms with Gasteiger partial charge in [-0.05, 0) is 53.7 Å². The normalized spacial score (nSPS) is 18.4. The Morgan fingerprint density at radius 2 is 1.88 bits per heavy atom. The number of hydrogen-bond acceptors (Lipinski definition) is 1. The monoisotopic (exact) mass is 335 g/mol. The predicted octanol–water partition coefficient (Wildman–Crippen LogP) is 5.75. The van der Waals surface area contributed by atoms with Gasteiger partial charge in [0.15, 0.2) is 0 Å². The maximum Gasteiger partial charge on any atom is 0.0835 e. The SMILES string of the molecule is CC(Nc1ccc(Br)c(Cl)c1Cl)C1CCCC1. The number of rotatable bonds is 3. The Kier molecular flexibility index (Phi) is 4.62. The van der Waals surface area contributed by atoms with Crippen molar-refractivity contribution in [2.24, 2.45) is 5.92 Å². The minimum absolute atomic E-state index is 0.451. The molecule has 0 saturated heterocycles. The molecule has 0 radical (unpaired) electrons. The summed E-state index contributed by atoms with van der Waals surface area (Å²) in [7, 11) is 0. The highest BCUT2D eigenvalue weighted by atomic mass is 79.9. The summed E-state index contributed by atoms with van der Waals surface area (Å²) in [5.74, 6) is 0.758. The second kappa shape index (κ2) is 5.81. The van der Waals surface area contributed by atoms with Gasteiger partial charge in [-0.3, -0.25) is 0 Å². The van der Waals surface area contributed by atoms with Crippen molar-refractivity contribution in [3.05, 3.63) is 26.7 Å². The van der Waals surface area contributed by atoms with E-state index < -0.39 is 0 Å². The van der Waals surface area contributed by atoms with Crippen LogP contribution in [-0.4, -0.2) is 6.04 Å². The zero-order valence-corrected chi connectivity index (χ0v) is 12.9. The number of benzene rings is 1. The van der Waals surface area contributed by atoms with Crippen LogP contribution < -0.4 is 5.32 Å². The van der Waals surface area contributed by atoms with Crippen molar-refractivity contribution in [2.45, 2.75) is 38.6 Å². The molecule has 1 nitrogen and oxygen atoms in total. The van der Waals surface area contributed by atoms with Crippen LogP contribution in [-0.2, 0) is 0 Å². The van der Waals surface area contributed by atoms with E-state index in [0.717, 1.165) is 16.1 Å². The topological polar surface area (TPSA) is 12.0 Å². The molecule has 0 aliphatic heterocycles. The van der Waals surface area contributed by atoms with Crippen molar-refractivity contribution in [2.75, 3.05) is 5.32 Å². The van der Waals surface area contributed by atoms with Crippen molar-refractivity contribution >= 4 is 44.8 Å². The first-order valence-electron chi connectivity index (χ1n) is 5.99. The molecule has 1 fully saturated rings. The van der Waals surface area contributed by atoms with Gasteiger partial charge in [-0.25, -0.2) is 0 Å². The molecule has 1 N–H and O–H groups in total. The molecule has 0 spiro atoms. The summed E-state index contributed by atoms with van der Waals surface area (Å²) in [6, 6.07) is 4.36. The first kappa shape index (κ1) is 13.5. The quantitative estimate of drug-likeness (QED) is 0.693. The van der Waals surface area contributed by atoms with Gasteiger partial charge in [0.1, 0.15) is 0 Å². The van der Waals surface area contributed by atoms with E-state index >= 15 is 0 Å². The molecule has 1 aromatic rings. The molecule has 1 unspecified atom stereocenters. The molecule has 0 aromatic heterocycles. The average Bonchev–Trinajstić information content (AvgIpc) is 2.83. The summed E-state index contributed by atoms with van der Waals surface area (Å²) < 4.78 is 0.836. The van der Waals surface area contributed by atoms with Crippen LogP contribution in [0.5, 0.6) is 0 Å². The standard InChI is InChI=1S/C13H16BrCl2N/c1-8(9-4-2-3-5-9)17-11-7-6-10(14)12(15)13(11)16/h6-9,17H,2-5H2,1H3. The summed E-state index contributed by atoms with van der Waals surface area (Å²) in [6.07, 6.45) is 5.34. The fraction of sp³-hybridized carbons (Fsp3) is 0.538. The van der Waals surface area contributed by atoms with Crippen LogP contribution in [0.3, 0.4) is 0 Å². The lowest BCUT2D eigenvalue weighted by Crippen LogP contribution is -2.23. The van der Waals surface area contributed by atoms with E-state index in [4.69, 9.17) is 23.2 Å². The van der Waals surface area contributed by atoms with Gasteiger partial charge in [0, 0.05) is 10.5 Å². The molecular formula is C13H16BrCl2N. The first-order valence-corrected chi connectivity index (χ1v) is 7.54. The smallest absolute Gasteiger partial charge is 0.0835 e. The summed E-state index contributed by atoms with van der Waals surface area (Å²) in [5.41, 5.74) is 0.930. The van der Waals surface area contributed by atoms with Crippen LogP contribution in [0.25, 0.3) is 0 Å². The fourth-order valence-corrected chi connectivity index (χ4v) is 3.29. The molecule has 1 saturated carbocycles. The van der Waals surface area contributed by atoms with E-state index in [2.05, 4.69) is 28.2 Å². The fourth-order valence-electron chi connectivity index (χ4n) is 2.46. The summed E-state index contributed by atoms with van der Waals surface area (Å²) in [6.45, 7) is 2.22. The molecule has 1 atom stereocenters.